The number of unbranched alkanes of at least 4 members (excludes halogenated alkanes) is 7. The molecule has 0 spiro atoms. The van der Waals surface area contributed by atoms with Gasteiger partial charge in [0.2, 0.25) is 0 Å². The lowest BCUT2D eigenvalue weighted by Gasteiger charge is -2.29. The molecular weight excluding hydrogens is 420 g/mol. The molecule has 186 valence electrons. The van der Waals surface area contributed by atoms with E-state index in [9.17, 15) is 4.79 Å². The third kappa shape index (κ3) is 8.85. The standard InChI is InChI=1S/C30H44N2O2/c1-3-5-7-8-9-11-13-29(33)34-28-22-31-30(32-23-28)27-20-18-26(19-21-27)25-16-14-24(15-17-25)12-10-6-4-2/h18-25H,3-17H2,1-2H3/t24-,25-. The van der Waals surface area contributed by atoms with E-state index < -0.39 is 0 Å². The minimum Gasteiger partial charge on any atom is -0.423 e. The summed E-state index contributed by atoms with van der Waals surface area (Å²) >= 11 is 0. The third-order valence-corrected chi connectivity index (χ3v) is 7.30. The first-order chi connectivity index (χ1) is 16.7. The number of carbonyl (C=O) groups excluding carboxylic acids is 1. The van der Waals surface area contributed by atoms with Crippen LogP contribution in [0.25, 0.3) is 11.4 Å². The molecule has 0 radical (unpaired) electrons. The summed E-state index contributed by atoms with van der Waals surface area (Å²) in [5.74, 6) is 2.52. The van der Waals surface area contributed by atoms with Gasteiger partial charge in [0, 0.05) is 12.0 Å². The summed E-state index contributed by atoms with van der Waals surface area (Å²) in [7, 11) is 0. The van der Waals surface area contributed by atoms with Crippen LogP contribution < -0.4 is 4.74 Å². The van der Waals surface area contributed by atoms with Crippen molar-refractivity contribution in [2.75, 3.05) is 0 Å². The first-order valence-electron chi connectivity index (χ1n) is 13.8. The van der Waals surface area contributed by atoms with Gasteiger partial charge in [-0.05, 0) is 49.5 Å². The zero-order valence-electron chi connectivity index (χ0n) is 21.4. The van der Waals surface area contributed by atoms with Crippen LogP contribution in [0.1, 0.15) is 122 Å². The average Bonchev–Trinajstić information content (AvgIpc) is 2.87. The SMILES string of the molecule is CCCCCCCCC(=O)Oc1cnc(-c2ccc([C@H]3CC[C@H](CCCCC)CC3)cc2)nc1. The maximum atomic E-state index is 12.1. The Bertz CT molecular complexity index is 824. The van der Waals surface area contributed by atoms with Crippen LogP contribution in [0.15, 0.2) is 36.7 Å². The van der Waals surface area contributed by atoms with Crippen molar-refractivity contribution in [3.05, 3.63) is 42.2 Å². The Morgan fingerprint density at radius 1 is 0.824 bits per heavy atom. The van der Waals surface area contributed by atoms with Crippen LogP contribution >= 0.6 is 0 Å². The molecule has 0 N–H and O–H groups in total. The van der Waals surface area contributed by atoms with E-state index >= 15 is 0 Å². The number of aromatic nitrogens is 2. The molecule has 4 nitrogen and oxygen atoms in total. The fraction of sp³-hybridized carbons (Fsp3) is 0.633. The minimum absolute atomic E-state index is 0.198. The molecule has 1 aromatic carbocycles. The molecule has 1 saturated carbocycles. The van der Waals surface area contributed by atoms with Gasteiger partial charge in [-0.2, -0.15) is 0 Å². The molecule has 3 rings (SSSR count). The summed E-state index contributed by atoms with van der Waals surface area (Å²) < 4.78 is 5.41. The van der Waals surface area contributed by atoms with Crippen molar-refractivity contribution < 1.29 is 9.53 Å². The number of esters is 1. The van der Waals surface area contributed by atoms with Gasteiger partial charge in [0.05, 0.1) is 12.4 Å². The number of carbonyl (C=O) groups is 1. The van der Waals surface area contributed by atoms with Crippen molar-refractivity contribution in [3.8, 4) is 17.1 Å². The molecule has 34 heavy (non-hydrogen) atoms. The summed E-state index contributed by atoms with van der Waals surface area (Å²) in [6.45, 7) is 4.49. The number of hydrogen-bond acceptors (Lipinski definition) is 4. The predicted octanol–water partition coefficient (Wildman–Crippen LogP) is 8.65. The van der Waals surface area contributed by atoms with E-state index in [1.165, 1.54) is 82.6 Å². The maximum Gasteiger partial charge on any atom is 0.311 e. The molecule has 1 fully saturated rings. The van der Waals surface area contributed by atoms with Crippen LogP contribution in [0.5, 0.6) is 5.75 Å². The molecule has 0 aliphatic heterocycles. The number of rotatable bonds is 14. The van der Waals surface area contributed by atoms with Crippen molar-refractivity contribution >= 4 is 5.97 Å². The van der Waals surface area contributed by atoms with Gasteiger partial charge in [0.15, 0.2) is 11.6 Å². The summed E-state index contributed by atoms with van der Waals surface area (Å²) in [6, 6.07) is 8.74. The van der Waals surface area contributed by atoms with E-state index in [1.54, 1.807) is 12.4 Å². The molecule has 0 amide bonds. The molecule has 4 heteroatoms. The first-order valence-corrected chi connectivity index (χ1v) is 13.8. The van der Waals surface area contributed by atoms with Crippen LogP contribution in [-0.4, -0.2) is 15.9 Å². The van der Waals surface area contributed by atoms with Crippen LogP contribution in [0.4, 0.5) is 0 Å². The molecule has 1 aromatic heterocycles. The Morgan fingerprint density at radius 2 is 1.44 bits per heavy atom. The largest absolute Gasteiger partial charge is 0.423 e. The van der Waals surface area contributed by atoms with Crippen molar-refractivity contribution in [3.63, 3.8) is 0 Å². The summed E-state index contributed by atoms with van der Waals surface area (Å²) in [5.41, 5.74) is 2.44. The third-order valence-electron chi connectivity index (χ3n) is 7.30. The molecular formula is C30H44N2O2. The van der Waals surface area contributed by atoms with Crippen LogP contribution in [-0.2, 0) is 4.79 Å². The molecule has 2 aromatic rings. The molecule has 0 saturated heterocycles. The fourth-order valence-electron chi connectivity index (χ4n) is 5.12. The number of nitrogens with zero attached hydrogens (tertiary/aromatic N) is 2. The lowest BCUT2D eigenvalue weighted by atomic mass is 9.77. The summed E-state index contributed by atoms with van der Waals surface area (Å²) in [5, 5.41) is 0. The van der Waals surface area contributed by atoms with E-state index in [-0.39, 0.29) is 5.97 Å². The number of hydrogen-bond donors (Lipinski definition) is 0. The van der Waals surface area contributed by atoms with Gasteiger partial charge in [-0.25, -0.2) is 9.97 Å². The van der Waals surface area contributed by atoms with E-state index in [2.05, 4.69) is 48.1 Å². The minimum atomic E-state index is -0.198. The van der Waals surface area contributed by atoms with Crippen LogP contribution in [0.3, 0.4) is 0 Å². The Labute approximate surface area is 206 Å². The number of benzene rings is 1. The van der Waals surface area contributed by atoms with Crippen molar-refractivity contribution in [1.82, 2.24) is 9.97 Å². The van der Waals surface area contributed by atoms with E-state index in [0.717, 1.165) is 24.3 Å². The Morgan fingerprint density at radius 3 is 2.12 bits per heavy atom. The second kappa shape index (κ2) is 14.9. The quantitative estimate of drug-likeness (QED) is 0.207. The van der Waals surface area contributed by atoms with Gasteiger partial charge in [-0.15, -0.1) is 0 Å². The monoisotopic (exact) mass is 464 g/mol. The van der Waals surface area contributed by atoms with Gasteiger partial charge in [-0.3, -0.25) is 4.79 Å². The summed E-state index contributed by atoms with van der Waals surface area (Å²) in [6.07, 6.45) is 21.5. The predicted molar refractivity (Wildman–Crippen MR) is 140 cm³/mol. The van der Waals surface area contributed by atoms with Gasteiger partial charge in [0.25, 0.3) is 0 Å². The first kappa shape index (κ1) is 26.4. The highest BCUT2D eigenvalue weighted by Crippen LogP contribution is 2.38. The van der Waals surface area contributed by atoms with Gasteiger partial charge >= 0.3 is 5.97 Å². The molecule has 1 aliphatic carbocycles. The normalized spacial score (nSPS) is 18.1. The maximum absolute atomic E-state index is 12.1. The average molecular weight is 465 g/mol. The smallest absolute Gasteiger partial charge is 0.311 e. The summed E-state index contributed by atoms with van der Waals surface area (Å²) in [4.78, 5) is 20.9. The molecule has 0 atom stereocenters. The van der Waals surface area contributed by atoms with Gasteiger partial charge in [-0.1, -0.05) is 95.9 Å². The number of ether oxygens (including phenoxy) is 1. The molecule has 1 aliphatic rings. The molecule has 0 unspecified atom stereocenters. The lowest BCUT2D eigenvalue weighted by molar-refractivity contribution is -0.134. The second-order valence-corrected chi connectivity index (χ2v) is 10.1. The second-order valence-electron chi connectivity index (χ2n) is 10.1. The van der Waals surface area contributed by atoms with E-state index in [0.29, 0.717) is 23.9 Å². The van der Waals surface area contributed by atoms with Crippen LogP contribution in [0, 0.1) is 5.92 Å². The molecule has 1 heterocycles. The Balaban J connectivity index is 1.42. The van der Waals surface area contributed by atoms with Gasteiger partial charge in [0.1, 0.15) is 0 Å². The zero-order valence-corrected chi connectivity index (χ0v) is 21.4. The highest BCUT2D eigenvalue weighted by atomic mass is 16.5. The highest BCUT2D eigenvalue weighted by molar-refractivity contribution is 5.72. The lowest BCUT2D eigenvalue weighted by Crippen LogP contribution is -2.13. The fourth-order valence-corrected chi connectivity index (χ4v) is 5.12. The topological polar surface area (TPSA) is 52.1 Å². The Hall–Kier alpha value is -2.23. The van der Waals surface area contributed by atoms with Gasteiger partial charge < -0.3 is 4.74 Å². The van der Waals surface area contributed by atoms with Crippen LogP contribution in [0.2, 0.25) is 0 Å². The van der Waals surface area contributed by atoms with E-state index in [1.807, 2.05) is 0 Å². The molecule has 0 bridgehead atoms. The highest BCUT2D eigenvalue weighted by Gasteiger charge is 2.22. The van der Waals surface area contributed by atoms with Crippen molar-refractivity contribution in [2.24, 2.45) is 5.92 Å². The van der Waals surface area contributed by atoms with E-state index in [4.69, 9.17) is 4.74 Å². The van der Waals surface area contributed by atoms with Crippen molar-refractivity contribution in [1.29, 1.82) is 0 Å². The zero-order chi connectivity index (χ0) is 24.0. The van der Waals surface area contributed by atoms with Crippen molar-refractivity contribution in [2.45, 2.75) is 116 Å². The Kier molecular flexibility index (Phi) is 11.6.